The fraction of sp³-hybridized carbons (Fsp3) is 0.867. The molecule has 108 valence electrons. The number of hydrogen-bond acceptors (Lipinski definition) is 3. The Balaban J connectivity index is 1.67. The maximum absolute atomic E-state index is 11.9. The van der Waals surface area contributed by atoms with E-state index in [0.29, 0.717) is 24.2 Å². The van der Waals surface area contributed by atoms with Crippen molar-refractivity contribution in [2.75, 3.05) is 13.1 Å². The van der Waals surface area contributed by atoms with Gasteiger partial charge in [0.15, 0.2) is 0 Å². The van der Waals surface area contributed by atoms with E-state index in [1.807, 2.05) is 25.7 Å². The van der Waals surface area contributed by atoms with Gasteiger partial charge in [-0.15, -0.1) is 0 Å². The second kappa shape index (κ2) is 5.51. The Morgan fingerprint density at radius 2 is 1.89 bits per heavy atom. The van der Waals surface area contributed by atoms with Gasteiger partial charge in [0, 0.05) is 25.4 Å². The van der Waals surface area contributed by atoms with Gasteiger partial charge in [-0.05, 0) is 52.4 Å². The number of nitrogens with zero attached hydrogens (tertiary/aromatic N) is 1. The molecule has 0 aromatic carbocycles. The molecule has 0 unspecified atom stereocenters. The maximum atomic E-state index is 11.9. The van der Waals surface area contributed by atoms with Crippen LogP contribution in [0.15, 0.2) is 0 Å². The normalized spacial score (nSPS) is 23.5. The third-order valence-corrected chi connectivity index (χ3v) is 3.70. The lowest BCUT2D eigenvalue weighted by atomic mass is 10.0. The highest BCUT2D eigenvalue weighted by molar-refractivity contribution is 5.81. The van der Waals surface area contributed by atoms with E-state index in [9.17, 15) is 9.59 Å². The van der Waals surface area contributed by atoms with Gasteiger partial charge in [0.25, 0.3) is 0 Å². The quantitative estimate of drug-likeness (QED) is 0.735. The third kappa shape index (κ3) is 4.51. The van der Waals surface area contributed by atoms with Crippen molar-refractivity contribution in [2.45, 2.75) is 58.5 Å². The minimum Gasteiger partial charge on any atom is -0.460 e. The molecule has 1 amide bonds. The lowest BCUT2D eigenvalue weighted by molar-refractivity contribution is -0.155. The Morgan fingerprint density at radius 3 is 2.47 bits per heavy atom. The highest BCUT2D eigenvalue weighted by Gasteiger charge is 2.36. The van der Waals surface area contributed by atoms with Gasteiger partial charge in [0.05, 0.1) is 0 Å². The summed E-state index contributed by atoms with van der Waals surface area (Å²) in [7, 11) is 0. The molecule has 1 aliphatic heterocycles. The van der Waals surface area contributed by atoms with Crippen molar-refractivity contribution in [1.29, 1.82) is 0 Å². The average Bonchev–Trinajstić information content (AvgIpc) is 3.02. The molecule has 1 aliphatic carbocycles. The number of likely N-dealkylation sites (tertiary alicyclic amines) is 1. The molecular formula is C15H25NO3. The van der Waals surface area contributed by atoms with E-state index in [2.05, 4.69) is 0 Å². The van der Waals surface area contributed by atoms with Crippen LogP contribution in [0.4, 0.5) is 0 Å². The lowest BCUT2D eigenvalue weighted by Gasteiger charge is -2.20. The highest BCUT2D eigenvalue weighted by atomic mass is 16.6. The van der Waals surface area contributed by atoms with E-state index < -0.39 is 5.60 Å². The molecule has 0 bridgehead atoms. The van der Waals surface area contributed by atoms with Crippen molar-refractivity contribution in [2.24, 2.45) is 11.8 Å². The largest absolute Gasteiger partial charge is 0.460 e. The first-order chi connectivity index (χ1) is 8.85. The summed E-state index contributed by atoms with van der Waals surface area (Å²) in [6, 6.07) is 0. The van der Waals surface area contributed by atoms with E-state index >= 15 is 0 Å². The fourth-order valence-electron chi connectivity index (χ4n) is 2.57. The van der Waals surface area contributed by atoms with Crippen molar-refractivity contribution >= 4 is 11.9 Å². The van der Waals surface area contributed by atoms with Gasteiger partial charge in [0.1, 0.15) is 5.60 Å². The van der Waals surface area contributed by atoms with Gasteiger partial charge in [-0.1, -0.05) is 0 Å². The number of rotatable bonds is 4. The Bertz CT molecular complexity index is 355. The molecule has 0 aromatic heterocycles. The van der Waals surface area contributed by atoms with Crippen LogP contribution < -0.4 is 0 Å². The lowest BCUT2D eigenvalue weighted by Crippen LogP contribution is -2.30. The van der Waals surface area contributed by atoms with Crippen molar-refractivity contribution < 1.29 is 14.3 Å². The Kier molecular flexibility index (Phi) is 4.16. The molecular weight excluding hydrogens is 242 g/mol. The standard InChI is InChI=1S/C15H25NO3/c1-15(2,3)19-13(17)7-4-11-8-9-16(10-11)14(18)12-5-6-12/h11-12H,4-10H2,1-3H3/t11-/m1/s1. The Morgan fingerprint density at radius 1 is 1.21 bits per heavy atom. The predicted molar refractivity (Wildman–Crippen MR) is 72.5 cm³/mol. The van der Waals surface area contributed by atoms with Crippen molar-refractivity contribution in [3.05, 3.63) is 0 Å². The smallest absolute Gasteiger partial charge is 0.306 e. The molecule has 4 heteroatoms. The SMILES string of the molecule is CC(C)(C)OC(=O)CC[C@@H]1CCN(C(=O)C2CC2)C1. The summed E-state index contributed by atoms with van der Waals surface area (Å²) in [5.74, 6) is 0.985. The van der Waals surface area contributed by atoms with Crippen LogP contribution >= 0.6 is 0 Å². The number of hydrogen-bond donors (Lipinski definition) is 0. The predicted octanol–water partition coefficient (Wildman–Crippen LogP) is 2.37. The molecule has 2 aliphatic rings. The van der Waals surface area contributed by atoms with E-state index in [0.717, 1.165) is 38.8 Å². The van der Waals surface area contributed by atoms with Crippen LogP contribution in [0.1, 0.15) is 52.9 Å². The molecule has 1 atom stereocenters. The van der Waals surface area contributed by atoms with Crippen molar-refractivity contribution in [1.82, 2.24) is 4.90 Å². The molecule has 4 nitrogen and oxygen atoms in total. The topological polar surface area (TPSA) is 46.6 Å². The summed E-state index contributed by atoms with van der Waals surface area (Å²) in [4.78, 5) is 25.5. The molecule has 0 N–H and O–H groups in total. The average molecular weight is 267 g/mol. The zero-order chi connectivity index (χ0) is 14.0. The van der Waals surface area contributed by atoms with Crippen LogP contribution in [0.2, 0.25) is 0 Å². The van der Waals surface area contributed by atoms with Gasteiger partial charge in [-0.2, -0.15) is 0 Å². The molecule has 1 saturated carbocycles. The van der Waals surface area contributed by atoms with E-state index in [1.165, 1.54) is 0 Å². The first-order valence-corrected chi connectivity index (χ1v) is 7.36. The molecule has 0 spiro atoms. The highest BCUT2D eigenvalue weighted by Crippen LogP contribution is 2.33. The molecule has 2 fully saturated rings. The summed E-state index contributed by atoms with van der Waals surface area (Å²) >= 11 is 0. The summed E-state index contributed by atoms with van der Waals surface area (Å²) in [5.41, 5.74) is -0.402. The second-order valence-corrected chi connectivity index (χ2v) is 6.84. The number of carbonyl (C=O) groups excluding carboxylic acids is 2. The van der Waals surface area contributed by atoms with Crippen molar-refractivity contribution in [3.8, 4) is 0 Å². The van der Waals surface area contributed by atoms with Crippen LogP contribution in [-0.4, -0.2) is 35.5 Å². The van der Waals surface area contributed by atoms with Gasteiger partial charge in [-0.3, -0.25) is 9.59 Å². The summed E-state index contributed by atoms with van der Waals surface area (Å²) in [6.45, 7) is 7.36. The van der Waals surface area contributed by atoms with E-state index in [1.54, 1.807) is 0 Å². The second-order valence-electron chi connectivity index (χ2n) is 6.84. The van der Waals surface area contributed by atoms with E-state index in [-0.39, 0.29) is 5.97 Å². The van der Waals surface area contributed by atoms with Gasteiger partial charge in [0.2, 0.25) is 5.91 Å². The molecule has 2 rings (SSSR count). The molecule has 1 heterocycles. The monoisotopic (exact) mass is 267 g/mol. The Hall–Kier alpha value is -1.06. The minimum atomic E-state index is -0.402. The fourth-order valence-corrected chi connectivity index (χ4v) is 2.57. The first kappa shape index (κ1) is 14.4. The number of carbonyl (C=O) groups is 2. The van der Waals surface area contributed by atoms with Crippen molar-refractivity contribution in [3.63, 3.8) is 0 Å². The first-order valence-electron chi connectivity index (χ1n) is 7.36. The Labute approximate surface area is 115 Å². The minimum absolute atomic E-state index is 0.125. The van der Waals surface area contributed by atoms with Gasteiger partial charge >= 0.3 is 5.97 Å². The van der Waals surface area contributed by atoms with Gasteiger partial charge in [-0.25, -0.2) is 0 Å². The number of esters is 1. The van der Waals surface area contributed by atoms with Crippen LogP contribution in [0, 0.1) is 11.8 Å². The third-order valence-electron chi connectivity index (χ3n) is 3.70. The van der Waals surface area contributed by atoms with Crippen LogP contribution in [0.3, 0.4) is 0 Å². The summed E-state index contributed by atoms with van der Waals surface area (Å²) in [6.07, 6.45) is 4.47. The maximum Gasteiger partial charge on any atom is 0.306 e. The molecule has 0 aromatic rings. The number of ether oxygens (including phenoxy) is 1. The zero-order valence-electron chi connectivity index (χ0n) is 12.3. The van der Waals surface area contributed by atoms with Crippen LogP contribution in [0.25, 0.3) is 0 Å². The van der Waals surface area contributed by atoms with Crippen LogP contribution in [0.5, 0.6) is 0 Å². The van der Waals surface area contributed by atoms with Gasteiger partial charge < -0.3 is 9.64 Å². The zero-order valence-corrected chi connectivity index (χ0v) is 12.3. The number of amides is 1. The van der Waals surface area contributed by atoms with Crippen LogP contribution in [-0.2, 0) is 14.3 Å². The molecule has 0 radical (unpaired) electrons. The summed E-state index contributed by atoms with van der Waals surface area (Å²) in [5, 5.41) is 0. The summed E-state index contributed by atoms with van der Waals surface area (Å²) < 4.78 is 5.30. The molecule has 19 heavy (non-hydrogen) atoms. The molecule has 1 saturated heterocycles. The van der Waals surface area contributed by atoms with E-state index in [4.69, 9.17) is 4.74 Å².